The molecule has 0 spiro atoms. The van der Waals surface area contributed by atoms with E-state index >= 15 is 0 Å². The van der Waals surface area contributed by atoms with Gasteiger partial charge in [0.2, 0.25) is 0 Å². The highest BCUT2D eigenvalue weighted by Crippen LogP contribution is 1.99. The van der Waals surface area contributed by atoms with Crippen molar-refractivity contribution in [1.29, 1.82) is 0 Å². The summed E-state index contributed by atoms with van der Waals surface area (Å²) in [5, 5.41) is 11.7. The Morgan fingerprint density at radius 1 is 1.77 bits per heavy atom. The third-order valence-corrected chi connectivity index (χ3v) is 1.66. The van der Waals surface area contributed by atoms with Crippen LogP contribution in [-0.2, 0) is 4.79 Å². The van der Waals surface area contributed by atoms with Crippen molar-refractivity contribution in [1.82, 2.24) is 5.32 Å². The van der Waals surface area contributed by atoms with E-state index < -0.39 is 18.1 Å². The molecule has 13 heavy (non-hydrogen) atoms. The molecule has 0 bridgehead atoms. The van der Waals surface area contributed by atoms with E-state index in [1.165, 1.54) is 0 Å². The van der Waals surface area contributed by atoms with Crippen molar-refractivity contribution < 1.29 is 9.90 Å². The lowest BCUT2D eigenvalue weighted by molar-refractivity contribution is -0.130. The van der Waals surface area contributed by atoms with E-state index in [9.17, 15) is 9.90 Å². The van der Waals surface area contributed by atoms with Gasteiger partial charge in [-0.25, -0.2) is 0 Å². The van der Waals surface area contributed by atoms with Crippen LogP contribution in [0.5, 0.6) is 0 Å². The molecule has 0 aliphatic rings. The number of terminal acetylenes is 1. The Morgan fingerprint density at radius 2 is 2.38 bits per heavy atom. The molecule has 0 saturated carbocycles. The summed E-state index contributed by atoms with van der Waals surface area (Å²) in [6.07, 6.45) is 5.22. The molecule has 4 N–H and O–H groups in total. The molecule has 0 aliphatic heterocycles. The van der Waals surface area contributed by atoms with Gasteiger partial charge in [0.15, 0.2) is 0 Å². The Kier molecular flexibility index (Phi) is 5.94. The van der Waals surface area contributed by atoms with E-state index in [0.29, 0.717) is 6.42 Å². The van der Waals surface area contributed by atoms with Crippen LogP contribution in [-0.4, -0.2) is 29.7 Å². The highest BCUT2D eigenvalue weighted by atomic mass is 16.3. The molecular formula is C9H16N2O2. The molecule has 1 amide bonds. The Balaban J connectivity index is 3.87. The van der Waals surface area contributed by atoms with Gasteiger partial charge in [-0.3, -0.25) is 4.79 Å². The zero-order chi connectivity index (χ0) is 10.3. The standard InChI is InChI=1S/C9H16N2O2/c1-3-5-7(10)8(12)9(13)11-6-4-2/h2,7-8,12H,3,5-6,10H2,1H3,(H,11,13). The van der Waals surface area contributed by atoms with Gasteiger partial charge < -0.3 is 16.2 Å². The number of nitrogens with one attached hydrogen (secondary N) is 1. The van der Waals surface area contributed by atoms with Crippen molar-refractivity contribution in [3.8, 4) is 12.3 Å². The molecule has 0 heterocycles. The van der Waals surface area contributed by atoms with E-state index in [0.717, 1.165) is 6.42 Å². The normalized spacial score (nSPS) is 14.3. The van der Waals surface area contributed by atoms with Gasteiger partial charge >= 0.3 is 0 Å². The third kappa shape index (κ3) is 4.51. The van der Waals surface area contributed by atoms with Crippen molar-refractivity contribution in [2.45, 2.75) is 31.9 Å². The fraction of sp³-hybridized carbons (Fsp3) is 0.667. The number of aliphatic hydroxyl groups excluding tert-OH is 1. The summed E-state index contributed by atoms with van der Waals surface area (Å²) in [5.74, 6) is 1.74. The number of carbonyl (C=O) groups is 1. The van der Waals surface area contributed by atoms with Crippen LogP contribution in [0.3, 0.4) is 0 Å². The van der Waals surface area contributed by atoms with Gasteiger partial charge in [-0.2, -0.15) is 0 Å². The van der Waals surface area contributed by atoms with E-state index in [4.69, 9.17) is 12.2 Å². The van der Waals surface area contributed by atoms with Crippen LogP contribution in [0.1, 0.15) is 19.8 Å². The molecule has 4 heteroatoms. The lowest BCUT2D eigenvalue weighted by atomic mass is 10.1. The van der Waals surface area contributed by atoms with E-state index in [2.05, 4.69) is 11.2 Å². The molecule has 74 valence electrons. The molecule has 2 unspecified atom stereocenters. The molecule has 2 atom stereocenters. The van der Waals surface area contributed by atoms with E-state index in [1.807, 2.05) is 6.92 Å². The van der Waals surface area contributed by atoms with Gasteiger partial charge in [-0.15, -0.1) is 6.42 Å². The van der Waals surface area contributed by atoms with Crippen LogP contribution in [0.4, 0.5) is 0 Å². The van der Waals surface area contributed by atoms with Crippen LogP contribution in [0.15, 0.2) is 0 Å². The quantitative estimate of drug-likeness (QED) is 0.491. The SMILES string of the molecule is C#CCNC(=O)C(O)C(N)CCC. The van der Waals surface area contributed by atoms with Gasteiger partial charge in [-0.1, -0.05) is 19.3 Å². The van der Waals surface area contributed by atoms with Gasteiger partial charge in [0, 0.05) is 6.04 Å². The Hall–Kier alpha value is -1.05. The topological polar surface area (TPSA) is 75.3 Å². The number of rotatable bonds is 5. The number of aliphatic hydroxyl groups is 1. The number of hydrogen-bond donors (Lipinski definition) is 3. The predicted molar refractivity (Wildman–Crippen MR) is 50.7 cm³/mol. The lowest BCUT2D eigenvalue weighted by Crippen LogP contribution is -2.46. The van der Waals surface area contributed by atoms with Gasteiger partial charge in [-0.05, 0) is 6.42 Å². The molecule has 0 fully saturated rings. The van der Waals surface area contributed by atoms with Crippen LogP contribution >= 0.6 is 0 Å². The first kappa shape index (κ1) is 11.9. The summed E-state index contributed by atoms with van der Waals surface area (Å²) in [6.45, 7) is 2.06. The minimum Gasteiger partial charge on any atom is -0.382 e. The maximum Gasteiger partial charge on any atom is 0.251 e. The molecular weight excluding hydrogens is 168 g/mol. The smallest absolute Gasteiger partial charge is 0.251 e. The maximum absolute atomic E-state index is 11.1. The summed E-state index contributed by atoms with van der Waals surface area (Å²) < 4.78 is 0. The zero-order valence-corrected chi connectivity index (χ0v) is 7.79. The number of hydrogen-bond acceptors (Lipinski definition) is 3. The van der Waals surface area contributed by atoms with Crippen LogP contribution in [0, 0.1) is 12.3 Å². The summed E-state index contributed by atoms with van der Waals surface area (Å²) >= 11 is 0. The predicted octanol–water partition coefficient (Wildman–Crippen LogP) is -0.776. The average Bonchev–Trinajstić information content (AvgIpc) is 2.13. The van der Waals surface area contributed by atoms with Crippen LogP contribution in [0.25, 0.3) is 0 Å². The minimum atomic E-state index is -1.16. The summed E-state index contributed by atoms with van der Waals surface area (Å²) in [6, 6.07) is -0.511. The fourth-order valence-electron chi connectivity index (χ4n) is 0.928. The molecule has 0 aromatic heterocycles. The maximum atomic E-state index is 11.1. The van der Waals surface area contributed by atoms with Crippen LogP contribution < -0.4 is 11.1 Å². The molecule has 0 aromatic carbocycles. The molecule has 0 rings (SSSR count). The molecule has 0 radical (unpaired) electrons. The second-order valence-electron chi connectivity index (χ2n) is 2.82. The van der Waals surface area contributed by atoms with Crippen molar-refractivity contribution >= 4 is 5.91 Å². The lowest BCUT2D eigenvalue weighted by Gasteiger charge is -2.16. The molecule has 0 aliphatic carbocycles. The Morgan fingerprint density at radius 3 is 2.85 bits per heavy atom. The van der Waals surface area contributed by atoms with Gasteiger partial charge in [0.25, 0.3) is 5.91 Å². The van der Waals surface area contributed by atoms with Gasteiger partial charge in [0.1, 0.15) is 6.10 Å². The van der Waals surface area contributed by atoms with Crippen molar-refractivity contribution in [2.24, 2.45) is 5.73 Å². The first-order valence-corrected chi connectivity index (χ1v) is 4.28. The molecule has 0 aromatic rings. The number of nitrogens with two attached hydrogens (primary N) is 1. The Labute approximate surface area is 78.5 Å². The van der Waals surface area contributed by atoms with Crippen molar-refractivity contribution in [3.05, 3.63) is 0 Å². The Bertz CT molecular complexity index is 198. The zero-order valence-electron chi connectivity index (χ0n) is 7.79. The highest BCUT2D eigenvalue weighted by molar-refractivity contribution is 5.81. The molecule has 4 nitrogen and oxygen atoms in total. The number of amides is 1. The van der Waals surface area contributed by atoms with Gasteiger partial charge in [0.05, 0.1) is 6.54 Å². The van der Waals surface area contributed by atoms with Crippen molar-refractivity contribution in [2.75, 3.05) is 6.54 Å². The summed E-state index contributed by atoms with van der Waals surface area (Å²) in [4.78, 5) is 11.1. The van der Waals surface area contributed by atoms with Crippen molar-refractivity contribution in [3.63, 3.8) is 0 Å². The minimum absolute atomic E-state index is 0.120. The fourth-order valence-corrected chi connectivity index (χ4v) is 0.928. The molecule has 0 saturated heterocycles. The first-order chi connectivity index (χ1) is 6.13. The third-order valence-electron chi connectivity index (χ3n) is 1.66. The summed E-state index contributed by atoms with van der Waals surface area (Å²) in [5.41, 5.74) is 5.54. The highest BCUT2D eigenvalue weighted by Gasteiger charge is 2.21. The monoisotopic (exact) mass is 184 g/mol. The average molecular weight is 184 g/mol. The summed E-state index contributed by atoms with van der Waals surface area (Å²) in [7, 11) is 0. The largest absolute Gasteiger partial charge is 0.382 e. The first-order valence-electron chi connectivity index (χ1n) is 4.28. The van der Waals surface area contributed by atoms with E-state index in [-0.39, 0.29) is 6.54 Å². The number of carbonyl (C=O) groups excluding carboxylic acids is 1. The van der Waals surface area contributed by atoms with Crippen LogP contribution in [0.2, 0.25) is 0 Å². The van der Waals surface area contributed by atoms with E-state index in [1.54, 1.807) is 0 Å². The second-order valence-corrected chi connectivity index (χ2v) is 2.82. The second kappa shape index (κ2) is 6.46.